The summed E-state index contributed by atoms with van der Waals surface area (Å²) in [5, 5.41) is 13.5. The van der Waals surface area contributed by atoms with Crippen LogP contribution in [0.5, 0.6) is 5.75 Å². The quantitative estimate of drug-likeness (QED) is 0.607. The van der Waals surface area contributed by atoms with Crippen molar-refractivity contribution in [2.75, 3.05) is 6.54 Å². The zero-order chi connectivity index (χ0) is 17.9. The van der Waals surface area contributed by atoms with E-state index in [0.29, 0.717) is 6.54 Å². The van der Waals surface area contributed by atoms with Gasteiger partial charge in [-0.1, -0.05) is 12.1 Å². The van der Waals surface area contributed by atoms with E-state index in [4.69, 9.17) is 0 Å². The zero-order valence-corrected chi connectivity index (χ0v) is 14.8. The van der Waals surface area contributed by atoms with E-state index in [9.17, 15) is 9.90 Å². The molecular formula is C22H24N2O2. The molecule has 1 aliphatic rings. The number of aromatic amines is 1. The number of aromatic hydroxyl groups is 1. The molecule has 0 fully saturated rings. The first-order valence-electron chi connectivity index (χ1n) is 9.40. The number of fused-ring (bicyclic) bond motifs is 3. The summed E-state index contributed by atoms with van der Waals surface area (Å²) in [6.45, 7) is 0.642. The van der Waals surface area contributed by atoms with E-state index in [2.05, 4.69) is 10.3 Å². The van der Waals surface area contributed by atoms with Crippen molar-refractivity contribution in [2.45, 2.75) is 38.5 Å². The highest BCUT2D eigenvalue weighted by Gasteiger charge is 2.16. The van der Waals surface area contributed by atoms with Crippen molar-refractivity contribution >= 4 is 16.8 Å². The molecule has 0 spiro atoms. The summed E-state index contributed by atoms with van der Waals surface area (Å²) < 4.78 is 0. The predicted octanol–water partition coefficient (Wildman–Crippen LogP) is 4.11. The number of hydrogen-bond donors (Lipinski definition) is 3. The Labute approximate surface area is 153 Å². The summed E-state index contributed by atoms with van der Waals surface area (Å²) in [7, 11) is 0. The number of rotatable bonds is 5. The van der Waals surface area contributed by atoms with Crippen LogP contribution in [0.3, 0.4) is 0 Å². The number of benzene rings is 2. The monoisotopic (exact) mass is 348 g/mol. The van der Waals surface area contributed by atoms with Crippen molar-refractivity contribution in [1.82, 2.24) is 10.3 Å². The van der Waals surface area contributed by atoms with Crippen LogP contribution in [-0.4, -0.2) is 22.5 Å². The highest BCUT2D eigenvalue weighted by Crippen LogP contribution is 2.29. The van der Waals surface area contributed by atoms with Gasteiger partial charge in [0.1, 0.15) is 5.75 Å². The van der Waals surface area contributed by atoms with Gasteiger partial charge in [-0.15, -0.1) is 0 Å². The molecule has 2 aromatic carbocycles. The highest BCUT2D eigenvalue weighted by atomic mass is 16.3. The molecule has 0 saturated carbocycles. The average molecular weight is 348 g/mol. The van der Waals surface area contributed by atoms with Crippen LogP contribution >= 0.6 is 0 Å². The largest absolute Gasteiger partial charge is 0.508 e. The maximum absolute atomic E-state index is 12.5. The fourth-order valence-electron chi connectivity index (χ4n) is 3.81. The van der Waals surface area contributed by atoms with Crippen LogP contribution in [0.1, 0.15) is 46.4 Å². The van der Waals surface area contributed by atoms with Crippen molar-refractivity contribution < 1.29 is 9.90 Å². The third-order valence-electron chi connectivity index (χ3n) is 5.22. The molecule has 1 heterocycles. The van der Waals surface area contributed by atoms with Gasteiger partial charge in [-0.25, -0.2) is 0 Å². The van der Waals surface area contributed by atoms with Crippen LogP contribution < -0.4 is 5.32 Å². The van der Waals surface area contributed by atoms with Gasteiger partial charge in [-0.2, -0.15) is 0 Å². The number of carbonyl (C=O) groups is 1. The number of aryl methyl sites for hydroxylation is 3. The Morgan fingerprint density at radius 3 is 2.73 bits per heavy atom. The molecule has 26 heavy (non-hydrogen) atoms. The molecule has 0 saturated heterocycles. The van der Waals surface area contributed by atoms with Crippen LogP contribution in [0.15, 0.2) is 42.5 Å². The van der Waals surface area contributed by atoms with Gasteiger partial charge >= 0.3 is 0 Å². The molecule has 0 atom stereocenters. The number of phenolic OH excluding ortho intramolecular Hbond substituents is 1. The van der Waals surface area contributed by atoms with Gasteiger partial charge < -0.3 is 15.4 Å². The number of carbonyl (C=O) groups excluding carboxylic acids is 1. The fourth-order valence-corrected chi connectivity index (χ4v) is 3.81. The Bertz CT molecular complexity index is 925. The lowest BCUT2D eigenvalue weighted by Gasteiger charge is -2.10. The summed E-state index contributed by atoms with van der Waals surface area (Å²) in [4.78, 5) is 16.0. The number of aromatic nitrogens is 1. The Balaban J connectivity index is 1.37. The van der Waals surface area contributed by atoms with E-state index in [1.165, 1.54) is 29.5 Å². The van der Waals surface area contributed by atoms with Crippen molar-refractivity contribution in [3.63, 3.8) is 0 Å². The summed E-state index contributed by atoms with van der Waals surface area (Å²) in [6, 6.07) is 13.2. The Kier molecular flexibility index (Phi) is 4.65. The van der Waals surface area contributed by atoms with Gasteiger partial charge in [0.25, 0.3) is 5.91 Å². The van der Waals surface area contributed by atoms with E-state index < -0.39 is 0 Å². The third-order valence-corrected chi connectivity index (χ3v) is 5.22. The molecule has 0 radical (unpaired) electrons. The smallest absolute Gasteiger partial charge is 0.251 e. The van der Waals surface area contributed by atoms with Crippen molar-refractivity contribution in [3.05, 3.63) is 64.8 Å². The SMILES string of the molecule is O=C(NCCCc1ccc(O)cc1)c1ccc2[nH]c3c(c2c1)CCCC3. The van der Waals surface area contributed by atoms with E-state index in [0.717, 1.165) is 42.3 Å². The molecule has 4 rings (SSSR count). The minimum Gasteiger partial charge on any atom is -0.508 e. The van der Waals surface area contributed by atoms with E-state index in [1.54, 1.807) is 12.1 Å². The maximum atomic E-state index is 12.5. The van der Waals surface area contributed by atoms with Crippen molar-refractivity contribution in [2.24, 2.45) is 0 Å². The zero-order valence-electron chi connectivity index (χ0n) is 14.8. The predicted molar refractivity (Wildman–Crippen MR) is 104 cm³/mol. The molecule has 1 amide bonds. The second kappa shape index (κ2) is 7.24. The van der Waals surface area contributed by atoms with E-state index in [-0.39, 0.29) is 11.7 Å². The number of amides is 1. The van der Waals surface area contributed by atoms with Gasteiger partial charge in [0.05, 0.1) is 0 Å². The minimum atomic E-state index is -0.0108. The second-order valence-corrected chi connectivity index (χ2v) is 7.08. The van der Waals surface area contributed by atoms with Crippen LogP contribution in [0.4, 0.5) is 0 Å². The molecule has 4 nitrogen and oxygen atoms in total. The molecule has 3 aromatic rings. The standard InChI is InChI=1S/C22H24N2O2/c25-17-10-7-15(8-11-17)4-3-13-23-22(26)16-9-12-21-19(14-16)18-5-1-2-6-20(18)24-21/h7-12,14,24-25H,1-6,13H2,(H,23,26). The second-order valence-electron chi connectivity index (χ2n) is 7.08. The van der Waals surface area contributed by atoms with Gasteiger partial charge in [0.2, 0.25) is 0 Å². The maximum Gasteiger partial charge on any atom is 0.251 e. The van der Waals surface area contributed by atoms with Gasteiger partial charge in [-0.3, -0.25) is 4.79 Å². The topological polar surface area (TPSA) is 65.1 Å². The van der Waals surface area contributed by atoms with Crippen molar-refractivity contribution in [1.29, 1.82) is 0 Å². The fraction of sp³-hybridized carbons (Fsp3) is 0.318. The van der Waals surface area contributed by atoms with Gasteiger partial charge in [0.15, 0.2) is 0 Å². The Morgan fingerprint density at radius 1 is 1.08 bits per heavy atom. The normalized spacial score (nSPS) is 13.5. The van der Waals surface area contributed by atoms with Crippen LogP contribution in [0, 0.1) is 0 Å². The summed E-state index contributed by atoms with van der Waals surface area (Å²) in [6.07, 6.45) is 6.45. The highest BCUT2D eigenvalue weighted by molar-refractivity contribution is 5.99. The first kappa shape index (κ1) is 16.7. The average Bonchev–Trinajstić information content (AvgIpc) is 3.04. The number of nitrogens with one attached hydrogen (secondary N) is 2. The van der Waals surface area contributed by atoms with Gasteiger partial charge in [0, 0.05) is 28.7 Å². The lowest BCUT2D eigenvalue weighted by molar-refractivity contribution is 0.0953. The van der Waals surface area contributed by atoms with Crippen molar-refractivity contribution in [3.8, 4) is 5.75 Å². The summed E-state index contributed by atoms with van der Waals surface area (Å²) in [5.41, 5.74) is 5.78. The number of phenols is 1. The van der Waals surface area contributed by atoms with Crippen LogP contribution in [0.25, 0.3) is 10.9 Å². The van der Waals surface area contributed by atoms with E-state index >= 15 is 0 Å². The Morgan fingerprint density at radius 2 is 1.88 bits per heavy atom. The molecule has 4 heteroatoms. The first-order valence-corrected chi connectivity index (χ1v) is 9.40. The molecular weight excluding hydrogens is 324 g/mol. The Hall–Kier alpha value is -2.75. The molecule has 1 aliphatic carbocycles. The molecule has 0 aliphatic heterocycles. The number of H-pyrrole nitrogens is 1. The first-order chi connectivity index (χ1) is 12.7. The molecule has 3 N–H and O–H groups in total. The van der Waals surface area contributed by atoms with Gasteiger partial charge in [-0.05, 0) is 80.0 Å². The lowest BCUT2D eigenvalue weighted by atomic mass is 9.95. The minimum absolute atomic E-state index is 0.0108. The molecule has 0 bridgehead atoms. The molecule has 134 valence electrons. The molecule has 0 unspecified atom stereocenters. The summed E-state index contributed by atoms with van der Waals surface area (Å²) >= 11 is 0. The number of hydrogen-bond acceptors (Lipinski definition) is 2. The molecule has 1 aromatic heterocycles. The van der Waals surface area contributed by atoms with Crippen LogP contribution in [-0.2, 0) is 19.3 Å². The van der Waals surface area contributed by atoms with E-state index in [1.807, 2.05) is 30.3 Å². The van der Waals surface area contributed by atoms with Crippen LogP contribution in [0.2, 0.25) is 0 Å². The third kappa shape index (κ3) is 3.45. The lowest BCUT2D eigenvalue weighted by Crippen LogP contribution is -2.24. The summed E-state index contributed by atoms with van der Waals surface area (Å²) in [5.74, 6) is 0.271.